The highest BCUT2D eigenvalue weighted by atomic mass is 16.5. The Labute approximate surface area is 142 Å². The van der Waals surface area contributed by atoms with E-state index in [1.807, 2.05) is 74.5 Å². The Balaban J connectivity index is 1.75. The Morgan fingerprint density at radius 3 is 2.46 bits per heavy atom. The third-order valence-electron chi connectivity index (χ3n) is 4.07. The molecule has 3 aromatic carbocycles. The summed E-state index contributed by atoms with van der Waals surface area (Å²) in [5.41, 5.74) is 1.86. The van der Waals surface area contributed by atoms with Crippen LogP contribution in [0.5, 0.6) is 5.75 Å². The summed E-state index contributed by atoms with van der Waals surface area (Å²) >= 11 is 0. The fourth-order valence-electron chi connectivity index (χ4n) is 2.65. The van der Waals surface area contributed by atoms with Crippen molar-refractivity contribution in [3.8, 4) is 5.75 Å². The van der Waals surface area contributed by atoms with Crippen molar-refractivity contribution in [2.24, 2.45) is 0 Å². The number of anilines is 1. The lowest BCUT2D eigenvalue weighted by atomic mass is 10.1. The van der Waals surface area contributed by atoms with E-state index >= 15 is 0 Å². The highest BCUT2D eigenvalue weighted by molar-refractivity contribution is 5.95. The van der Waals surface area contributed by atoms with Crippen LogP contribution in [0.4, 0.5) is 5.69 Å². The predicted octanol–water partition coefficient (Wildman–Crippen LogP) is 4.94. The van der Waals surface area contributed by atoms with Crippen molar-refractivity contribution in [2.75, 3.05) is 5.32 Å². The highest BCUT2D eigenvalue weighted by Gasteiger charge is 2.19. The van der Waals surface area contributed by atoms with Gasteiger partial charge in [0, 0.05) is 5.69 Å². The van der Waals surface area contributed by atoms with E-state index in [1.54, 1.807) is 0 Å². The standard InChI is InChI=1S/C21H21NO2/c1-3-20(21(23)22-19-11-7-4-8-15(19)2)24-18-13-12-16-9-5-6-10-17(16)14-18/h4-14,20H,3H2,1-2H3,(H,22,23)/t20-/m0/s1. The summed E-state index contributed by atoms with van der Waals surface area (Å²) in [5, 5.41) is 5.21. The number of fused-ring (bicyclic) bond motifs is 1. The summed E-state index contributed by atoms with van der Waals surface area (Å²) in [6, 6.07) is 21.7. The molecule has 0 aromatic heterocycles. The molecule has 3 heteroatoms. The number of rotatable bonds is 5. The summed E-state index contributed by atoms with van der Waals surface area (Å²) in [5.74, 6) is 0.584. The maximum absolute atomic E-state index is 12.5. The van der Waals surface area contributed by atoms with Gasteiger partial charge in [-0.3, -0.25) is 4.79 Å². The first kappa shape index (κ1) is 16.1. The van der Waals surface area contributed by atoms with Gasteiger partial charge in [-0.15, -0.1) is 0 Å². The molecule has 0 aliphatic heterocycles. The van der Waals surface area contributed by atoms with Crippen LogP contribution in [0.15, 0.2) is 66.7 Å². The van der Waals surface area contributed by atoms with E-state index in [1.165, 1.54) is 0 Å². The van der Waals surface area contributed by atoms with Crippen molar-refractivity contribution in [2.45, 2.75) is 26.4 Å². The van der Waals surface area contributed by atoms with E-state index in [0.29, 0.717) is 12.2 Å². The molecule has 0 radical (unpaired) electrons. The molecule has 0 aliphatic carbocycles. The molecule has 0 bridgehead atoms. The van der Waals surface area contributed by atoms with E-state index in [-0.39, 0.29) is 5.91 Å². The predicted molar refractivity (Wildman–Crippen MR) is 98.5 cm³/mol. The van der Waals surface area contributed by atoms with Crippen LogP contribution >= 0.6 is 0 Å². The molecule has 0 saturated heterocycles. The first-order valence-corrected chi connectivity index (χ1v) is 8.19. The van der Waals surface area contributed by atoms with E-state index in [4.69, 9.17) is 4.74 Å². The topological polar surface area (TPSA) is 38.3 Å². The molecule has 1 N–H and O–H groups in total. The molecule has 3 aromatic rings. The van der Waals surface area contributed by atoms with E-state index < -0.39 is 6.10 Å². The Bertz CT molecular complexity index is 857. The number of benzene rings is 3. The minimum atomic E-state index is -0.522. The molecule has 0 aliphatic rings. The smallest absolute Gasteiger partial charge is 0.265 e. The molecular weight excluding hydrogens is 298 g/mol. The van der Waals surface area contributed by atoms with Gasteiger partial charge < -0.3 is 10.1 Å². The monoisotopic (exact) mass is 319 g/mol. The first-order chi connectivity index (χ1) is 11.7. The molecule has 24 heavy (non-hydrogen) atoms. The molecule has 0 heterocycles. The molecule has 0 unspecified atom stereocenters. The Kier molecular flexibility index (Phi) is 4.80. The minimum absolute atomic E-state index is 0.125. The van der Waals surface area contributed by atoms with Gasteiger partial charge in [0.25, 0.3) is 5.91 Å². The number of carbonyl (C=O) groups excluding carboxylic acids is 1. The molecule has 0 fully saturated rings. The fourth-order valence-corrected chi connectivity index (χ4v) is 2.65. The second kappa shape index (κ2) is 7.18. The van der Waals surface area contributed by atoms with Gasteiger partial charge in [0.1, 0.15) is 5.75 Å². The third kappa shape index (κ3) is 3.57. The van der Waals surface area contributed by atoms with Crippen molar-refractivity contribution in [3.05, 3.63) is 72.3 Å². The van der Waals surface area contributed by atoms with Gasteiger partial charge in [-0.1, -0.05) is 55.5 Å². The zero-order chi connectivity index (χ0) is 16.9. The van der Waals surface area contributed by atoms with E-state index in [0.717, 1.165) is 22.0 Å². The van der Waals surface area contributed by atoms with Crippen LogP contribution in [0.3, 0.4) is 0 Å². The summed E-state index contributed by atoms with van der Waals surface area (Å²) < 4.78 is 5.93. The number of ether oxygens (including phenoxy) is 1. The molecule has 0 spiro atoms. The summed E-state index contributed by atoms with van der Waals surface area (Å²) in [6.45, 7) is 3.92. The van der Waals surface area contributed by atoms with Crippen LogP contribution in [-0.4, -0.2) is 12.0 Å². The van der Waals surface area contributed by atoms with Gasteiger partial charge in [0.05, 0.1) is 0 Å². The van der Waals surface area contributed by atoms with Crippen LogP contribution < -0.4 is 10.1 Å². The number of hydrogen-bond donors (Lipinski definition) is 1. The molecule has 0 saturated carbocycles. The number of hydrogen-bond acceptors (Lipinski definition) is 2. The zero-order valence-corrected chi connectivity index (χ0v) is 14.0. The van der Waals surface area contributed by atoms with E-state index in [9.17, 15) is 4.79 Å². The van der Waals surface area contributed by atoms with Gasteiger partial charge in [-0.2, -0.15) is 0 Å². The molecule has 1 atom stereocenters. The van der Waals surface area contributed by atoms with Gasteiger partial charge >= 0.3 is 0 Å². The molecule has 3 rings (SSSR count). The lowest BCUT2D eigenvalue weighted by Crippen LogP contribution is -2.32. The maximum Gasteiger partial charge on any atom is 0.265 e. The van der Waals surface area contributed by atoms with Crippen LogP contribution in [0.1, 0.15) is 18.9 Å². The Morgan fingerprint density at radius 2 is 1.71 bits per heavy atom. The second-order valence-electron chi connectivity index (χ2n) is 5.83. The Morgan fingerprint density at radius 1 is 1.00 bits per heavy atom. The third-order valence-corrected chi connectivity index (χ3v) is 4.07. The van der Waals surface area contributed by atoms with Crippen molar-refractivity contribution in [3.63, 3.8) is 0 Å². The average molecular weight is 319 g/mol. The summed E-state index contributed by atoms with van der Waals surface area (Å²) in [7, 11) is 0. The fraction of sp³-hybridized carbons (Fsp3) is 0.190. The number of para-hydroxylation sites is 1. The molecule has 122 valence electrons. The SMILES string of the molecule is CC[C@H](Oc1ccc2ccccc2c1)C(=O)Nc1ccccc1C. The largest absolute Gasteiger partial charge is 0.481 e. The van der Waals surface area contributed by atoms with Gasteiger partial charge in [-0.05, 0) is 47.9 Å². The van der Waals surface area contributed by atoms with Crippen molar-refractivity contribution >= 4 is 22.4 Å². The first-order valence-electron chi connectivity index (χ1n) is 8.19. The summed E-state index contributed by atoms with van der Waals surface area (Å²) in [6.07, 6.45) is 0.0793. The molecule has 3 nitrogen and oxygen atoms in total. The van der Waals surface area contributed by atoms with Crippen molar-refractivity contribution < 1.29 is 9.53 Å². The number of carbonyl (C=O) groups is 1. The van der Waals surface area contributed by atoms with Gasteiger partial charge in [-0.25, -0.2) is 0 Å². The maximum atomic E-state index is 12.5. The zero-order valence-electron chi connectivity index (χ0n) is 14.0. The molecule has 1 amide bonds. The number of amides is 1. The van der Waals surface area contributed by atoms with Crippen molar-refractivity contribution in [1.29, 1.82) is 0 Å². The van der Waals surface area contributed by atoms with Crippen LogP contribution in [0.2, 0.25) is 0 Å². The average Bonchev–Trinajstić information content (AvgIpc) is 2.61. The highest BCUT2D eigenvalue weighted by Crippen LogP contribution is 2.22. The van der Waals surface area contributed by atoms with Gasteiger partial charge in [0.15, 0.2) is 6.10 Å². The van der Waals surface area contributed by atoms with Crippen LogP contribution in [0.25, 0.3) is 10.8 Å². The van der Waals surface area contributed by atoms with Crippen molar-refractivity contribution in [1.82, 2.24) is 0 Å². The lowest BCUT2D eigenvalue weighted by molar-refractivity contribution is -0.122. The number of aryl methyl sites for hydroxylation is 1. The summed E-state index contributed by atoms with van der Waals surface area (Å²) in [4.78, 5) is 12.5. The normalized spacial score (nSPS) is 11.9. The lowest BCUT2D eigenvalue weighted by Gasteiger charge is -2.18. The second-order valence-corrected chi connectivity index (χ2v) is 5.83. The molecular formula is C21H21NO2. The van der Waals surface area contributed by atoms with Crippen LogP contribution in [-0.2, 0) is 4.79 Å². The Hall–Kier alpha value is -2.81. The van der Waals surface area contributed by atoms with Crippen LogP contribution in [0, 0.1) is 6.92 Å². The van der Waals surface area contributed by atoms with E-state index in [2.05, 4.69) is 11.4 Å². The minimum Gasteiger partial charge on any atom is -0.481 e. The quantitative estimate of drug-likeness (QED) is 0.723. The number of nitrogens with one attached hydrogen (secondary N) is 1. The van der Waals surface area contributed by atoms with Gasteiger partial charge in [0.2, 0.25) is 0 Å².